The maximum atomic E-state index is 12.1. The van der Waals surface area contributed by atoms with Crippen LogP contribution in [0.3, 0.4) is 0 Å². The van der Waals surface area contributed by atoms with Crippen molar-refractivity contribution >= 4 is 0 Å². The summed E-state index contributed by atoms with van der Waals surface area (Å²) in [6.45, 7) is 2.74. The van der Waals surface area contributed by atoms with Gasteiger partial charge in [-0.1, -0.05) is 44.1 Å². The molecule has 0 aliphatic heterocycles. The van der Waals surface area contributed by atoms with Gasteiger partial charge in [-0.3, -0.25) is 4.39 Å². The van der Waals surface area contributed by atoms with Crippen LogP contribution < -0.4 is 4.74 Å². The molecular formula is C27H41FO. The van der Waals surface area contributed by atoms with E-state index in [2.05, 4.69) is 37.3 Å². The fourth-order valence-electron chi connectivity index (χ4n) is 5.56. The molecule has 0 radical (unpaired) electrons. The molecule has 0 N–H and O–H groups in total. The Morgan fingerprint density at radius 1 is 0.862 bits per heavy atom. The van der Waals surface area contributed by atoms with Crippen molar-refractivity contribution in [3.05, 3.63) is 42.0 Å². The lowest BCUT2D eigenvalue weighted by molar-refractivity contribution is 0.157. The average Bonchev–Trinajstić information content (AvgIpc) is 2.78. The molecule has 2 aliphatic carbocycles. The first-order valence-electron chi connectivity index (χ1n) is 12.2. The van der Waals surface area contributed by atoms with Gasteiger partial charge < -0.3 is 4.74 Å². The van der Waals surface area contributed by atoms with Crippen LogP contribution in [0.5, 0.6) is 5.75 Å². The third-order valence-electron chi connectivity index (χ3n) is 7.34. The topological polar surface area (TPSA) is 9.23 Å². The number of alkyl halides is 1. The zero-order chi connectivity index (χ0) is 20.3. The highest BCUT2D eigenvalue weighted by atomic mass is 19.1. The second kappa shape index (κ2) is 12.4. The highest BCUT2D eigenvalue weighted by Gasteiger charge is 2.31. The molecule has 1 aromatic carbocycles. The Morgan fingerprint density at radius 2 is 1.48 bits per heavy atom. The molecule has 2 fully saturated rings. The number of allylic oxidation sites excluding steroid dienone is 2. The molecule has 0 heterocycles. The number of benzene rings is 1. The van der Waals surface area contributed by atoms with Crippen molar-refractivity contribution in [2.75, 3.05) is 13.3 Å². The second-order valence-electron chi connectivity index (χ2n) is 9.34. The lowest BCUT2D eigenvalue weighted by Gasteiger charge is -2.38. The van der Waals surface area contributed by atoms with Crippen molar-refractivity contribution in [1.29, 1.82) is 0 Å². The van der Waals surface area contributed by atoms with Crippen LogP contribution in [-0.4, -0.2) is 13.3 Å². The van der Waals surface area contributed by atoms with Gasteiger partial charge in [0.05, 0.1) is 13.3 Å². The van der Waals surface area contributed by atoms with Crippen LogP contribution in [0.15, 0.2) is 36.4 Å². The number of halogens is 1. The van der Waals surface area contributed by atoms with E-state index in [-0.39, 0.29) is 6.67 Å². The zero-order valence-electron chi connectivity index (χ0n) is 18.5. The summed E-state index contributed by atoms with van der Waals surface area (Å²) in [7, 11) is 0. The van der Waals surface area contributed by atoms with E-state index >= 15 is 0 Å². The van der Waals surface area contributed by atoms with Gasteiger partial charge in [0.1, 0.15) is 5.75 Å². The van der Waals surface area contributed by atoms with Crippen molar-refractivity contribution in [2.45, 2.75) is 89.9 Å². The summed E-state index contributed by atoms with van der Waals surface area (Å²) >= 11 is 0. The molecule has 0 spiro atoms. The Kier molecular flexibility index (Phi) is 9.57. The second-order valence-corrected chi connectivity index (χ2v) is 9.34. The van der Waals surface area contributed by atoms with Gasteiger partial charge in [0.15, 0.2) is 0 Å². The van der Waals surface area contributed by atoms with Crippen molar-refractivity contribution < 1.29 is 9.13 Å². The summed E-state index contributed by atoms with van der Waals surface area (Å²) in [6, 6.07) is 8.91. The van der Waals surface area contributed by atoms with Gasteiger partial charge in [0, 0.05) is 0 Å². The number of ether oxygens (including phenoxy) is 1. The lowest BCUT2D eigenvalue weighted by Crippen LogP contribution is -2.25. The van der Waals surface area contributed by atoms with Gasteiger partial charge in [0.2, 0.25) is 0 Å². The van der Waals surface area contributed by atoms with Crippen LogP contribution in [0.25, 0.3) is 0 Å². The summed E-state index contributed by atoms with van der Waals surface area (Å²) < 4.78 is 17.8. The highest BCUT2D eigenvalue weighted by Crippen LogP contribution is 2.44. The highest BCUT2D eigenvalue weighted by molar-refractivity contribution is 5.29. The van der Waals surface area contributed by atoms with Crippen LogP contribution in [-0.2, 0) is 0 Å². The SMILES string of the molecule is CCCOc1ccc(C2CCC(C3CCC(CCC=CCCF)CC3)CC2)cc1. The molecule has 3 rings (SSSR count). The van der Waals surface area contributed by atoms with Crippen molar-refractivity contribution in [1.82, 2.24) is 0 Å². The minimum absolute atomic E-state index is 0.220. The predicted molar refractivity (Wildman–Crippen MR) is 121 cm³/mol. The van der Waals surface area contributed by atoms with Gasteiger partial charge >= 0.3 is 0 Å². The molecule has 1 aromatic rings. The van der Waals surface area contributed by atoms with Crippen molar-refractivity contribution in [2.24, 2.45) is 17.8 Å². The number of hydrogen-bond donors (Lipinski definition) is 0. The Morgan fingerprint density at radius 3 is 2.10 bits per heavy atom. The predicted octanol–water partition coefficient (Wildman–Crippen LogP) is 8.25. The molecule has 0 unspecified atom stereocenters. The van der Waals surface area contributed by atoms with Gasteiger partial charge in [-0.2, -0.15) is 0 Å². The summed E-state index contributed by atoms with van der Waals surface area (Å²) in [5.41, 5.74) is 1.51. The standard InChI is InChI=1S/C27H41FO/c1-2-21-29-27-18-16-26(17-19-27)25-14-12-24(13-15-25)23-10-8-22(9-11-23)7-5-3-4-6-20-28/h3-4,16-19,22-25H,2,5-15,20-21H2,1H3. The smallest absolute Gasteiger partial charge is 0.119 e. The molecule has 0 amide bonds. The van der Waals surface area contributed by atoms with Gasteiger partial charge in [0.25, 0.3) is 0 Å². The molecule has 2 saturated carbocycles. The molecule has 2 aliphatic rings. The van der Waals surface area contributed by atoms with E-state index in [1.54, 1.807) is 0 Å². The van der Waals surface area contributed by atoms with Crippen LogP contribution >= 0.6 is 0 Å². The number of hydrogen-bond acceptors (Lipinski definition) is 1. The summed E-state index contributed by atoms with van der Waals surface area (Å²) in [5, 5.41) is 0. The Labute approximate surface area is 178 Å². The van der Waals surface area contributed by atoms with E-state index in [1.165, 1.54) is 63.4 Å². The molecule has 0 saturated heterocycles. The van der Waals surface area contributed by atoms with Crippen molar-refractivity contribution in [3.63, 3.8) is 0 Å². The fourth-order valence-corrected chi connectivity index (χ4v) is 5.56. The molecule has 0 atom stereocenters. The first-order chi connectivity index (χ1) is 14.3. The fraction of sp³-hybridized carbons (Fsp3) is 0.704. The monoisotopic (exact) mass is 400 g/mol. The summed E-state index contributed by atoms with van der Waals surface area (Å²) in [4.78, 5) is 0. The Balaban J connectivity index is 1.36. The molecular weight excluding hydrogens is 359 g/mol. The third-order valence-corrected chi connectivity index (χ3v) is 7.34. The first kappa shape index (κ1) is 22.4. The van der Waals surface area contributed by atoms with Crippen LogP contribution in [0, 0.1) is 17.8 Å². The first-order valence-corrected chi connectivity index (χ1v) is 12.2. The van der Waals surface area contributed by atoms with E-state index in [0.29, 0.717) is 6.42 Å². The van der Waals surface area contributed by atoms with Crippen LogP contribution in [0.1, 0.15) is 95.5 Å². The minimum Gasteiger partial charge on any atom is -0.494 e. The quantitative estimate of drug-likeness (QED) is 0.359. The van der Waals surface area contributed by atoms with Crippen LogP contribution in [0.4, 0.5) is 4.39 Å². The minimum atomic E-state index is -0.220. The van der Waals surface area contributed by atoms with Crippen molar-refractivity contribution in [3.8, 4) is 5.75 Å². The van der Waals surface area contributed by atoms with Crippen LogP contribution in [0.2, 0.25) is 0 Å². The van der Waals surface area contributed by atoms with Gasteiger partial charge in [-0.15, -0.1) is 0 Å². The Bertz CT molecular complexity index is 577. The molecule has 0 bridgehead atoms. The van der Waals surface area contributed by atoms with E-state index in [9.17, 15) is 4.39 Å². The van der Waals surface area contributed by atoms with Gasteiger partial charge in [-0.05, 0) is 106 Å². The zero-order valence-corrected chi connectivity index (χ0v) is 18.5. The maximum absolute atomic E-state index is 12.1. The Hall–Kier alpha value is -1.31. The molecule has 0 aromatic heterocycles. The largest absolute Gasteiger partial charge is 0.494 e. The molecule has 2 heteroatoms. The van der Waals surface area contributed by atoms with E-state index in [1.807, 2.05) is 6.08 Å². The number of rotatable bonds is 10. The lowest BCUT2D eigenvalue weighted by atomic mass is 9.68. The average molecular weight is 401 g/mol. The van der Waals surface area contributed by atoms with E-state index in [4.69, 9.17) is 4.74 Å². The molecule has 162 valence electrons. The van der Waals surface area contributed by atoms with Gasteiger partial charge in [-0.25, -0.2) is 0 Å². The summed E-state index contributed by atoms with van der Waals surface area (Å²) in [5.74, 6) is 4.60. The van der Waals surface area contributed by atoms with E-state index < -0.39 is 0 Å². The maximum Gasteiger partial charge on any atom is 0.119 e. The normalized spacial score (nSPS) is 27.9. The molecule has 29 heavy (non-hydrogen) atoms. The van der Waals surface area contributed by atoms with E-state index in [0.717, 1.165) is 48.9 Å². The third kappa shape index (κ3) is 7.15. The molecule has 1 nitrogen and oxygen atoms in total. The summed E-state index contributed by atoms with van der Waals surface area (Å²) in [6.07, 6.45) is 19.6.